The van der Waals surface area contributed by atoms with Crippen molar-refractivity contribution in [2.24, 2.45) is 0 Å². The molecule has 1 aromatic heterocycles. The summed E-state index contributed by atoms with van der Waals surface area (Å²) in [7, 11) is 0. The zero-order chi connectivity index (χ0) is 15.2. The summed E-state index contributed by atoms with van der Waals surface area (Å²) in [6.45, 7) is 2.27. The van der Waals surface area contributed by atoms with E-state index in [0.29, 0.717) is 18.0 Å². The fourth-order valence-electron chi connectivity index (χ4n) is 1.74. The van der Waals surface area contributed by atoms with Crippen molar-refractivity contribution in [2.75, 3.05) is 11.9 Å². The molecule has 0 radical (unpaired) electrons. The van der Waals surface area contributed by atoms with Gasteiger partial charge in [0.25, 0.3) is 0 Å². The summed E-state index contributed by atoms with van der Waals surface area (Å²) in [6.07, 6.45) is 2.44. The number of nitrogens with zero attached hydrogens (tertiary/aromatic N) is 3. The van der Waals surface area contributed by atoms with Crippen LogP contribution in [0.1, 0.15) is 6.92 Å². The van der Waals surface area contributed by atoms with Crippen LogP contribution in [0.3, 0.4) is 0 Å². The van der Waals surface area contributed by atoms with Gasteiger partial charge in [-0.1, -0.05) is 12.1 Å². The lowest BCUT2D eigenvalue weighted by Gasteiger charge is -2.11. The second-order valence-electron chi connectivity index (χ2n) is 4.14. The van der Waals surface area contributed by atoms with Gasteiger partial charge in [0.1, 0.15) is 18.5 Å². The van der Waals surface area contributed by atoms with Gasteiger partial charge in [-0.25, -0.2) is 0 Å². The summed E-state index contributed by atoms with van der Waals surface area (Å²) >= 11 is 0. The molecule has 0 bridgehead atoms. The van der Waals surface area contributed by atoms with Crippen LogP contribution in [0.5, 0.6) is 5.75 Å². The molecule has 21 heavy (non-hydrogen) atoms. The van der Waals surface area contributed by atoms with Crippen LogP contribution in [0.25, 0.3) is 0 Å². The van der Waals surface area contributed by atoms with Gasteiger partial charge in [-0.15, -0.1) is 0 Å². The van der Waals surface area contributed by atoms with Crippen molar-refractivity contribution in [3.8, 4) is 5.75 Å². The number of hydrogen-bond acceptors (Lipinski definition) is 5. The van der Waals surface area contributed by atoms with Crippen molar-refractivity contribution in [1.29, 1.82) is 0 Å². The fourth-order valence-corrected chi connectivity index (χ4v) is 1.74. The molecule has 0 atom stereocenters. The maximum absolute atomic E-state index is 11.9. The Morgan fingerprint density at radius 3 is 2.90 bits per heavy atom. The van der Waals surface area contributed by atoms with Crippen LogP contribution in [0.2, 0.25) is 0 Å². The van der Waals surface area contributed by atoms with E-state index >= 15 is 0 Å². The third-order valence-electron chi connectivity index (χ3n) is 2.59. The van der Waals surface area contributed by atoms with Crippen molar-refractivity contribution < 1.29 is 14.5 Å². The first-order valence-corrected chi connectivity index (χ1v) is 6.28. The van der Waals surface area contributed by atoms with E-state index < -0.39 is 4.92 Å². The number of carbonyl (C=O) groups is 1. The highest BCUT2D eigenvalue weighted by atomic mass is 16.6. The third kappa shape index (κ3) is 3.78. The molecule has 0 saturated carbocycles. The minimum atomic E-state index is -0.612. The Morgan fingerprint density at radius 1 is 1.48 bits per heavy atom. The number of nitrogens with one attached hydrogen (secondary N) is 1. The molecule has 8 nitrogen and oxygen atoms in total. The van der Waals surface area contributed by atoms with Crippen molar-refractivity contribution in [3.05, 3.63) is 46.9 Å². The number of amides is 1. The third-order valence-corrected chi connectivity index (χ3v) is 2.59. The first-order valence-electron chi connectivity index (χ1n) is 6.28. The largest absolute Gasteiger partial charge is 0.492 e. The molecule has 1 aromatic carbocycles. The summed E-state index contributed by atoms with van der Waals surface area (Å²) in [6, 6.07) is 7.06. The van der Waals surface area contributed by atoms with E-state index in [1.165, 1.54) is 17.1 Å². The van der Waals surface area contributed by atoms with Crippen LogP contribution in [-0.2, 0) is 11.3 Å². The van der Waals surface area contributed by atoms with E-state index in [1.54, 1.807) is 24.3 Å². The van der Waals surface area contributed by atoms with Crippen LogP contribution in [-0.4, -0.2) is 27.0 Å². The maximum atomic E-state index is 11.9. The SMILES string of the molecule is CCOc1ccccc1NC(=O)Cn1cnc([N+](=O)[O-])c1. The second-order valence-corrected chi connectivity index (χ2v) is 4.14. The van der Waals surface area contributed by atoms with Crippen LogP contribution in [0, 0.1) is 10.1 Å². The Hall–Kier alpha value is -2.90. The minimum absolute atomic E-state index is 0.0682. The fraction of sp³-hybridized carbons (Fsp3) is 0.231. The highest BCUT2D eigenvalue weighted by Crippen LogP contribution is 2.23. The summed E-state index contributed by atoms with van der Waals surface area (Å²) in [4.78, 5) is 25.4. The quantitative estimate of drug-likeness (QED) is 0.646. The number of ether oxygens (including phenoxy) is 1. The molecule has 0 spiro atoms. The van der Waals surface area contributed by atoms with Crippen molar-refractivity contribution in [3.63, 3.8) is 0 Å². The molecule has 1 N–H and O–H groups in total. The Balaban J connectivity index is 2.02. The normalized spacial score (nSPS) is 10.1. The minimum Gasteiger partial charge on any atom is -0.492 e. The first-order chi connectivity index (χ1) is 10.1. The molecule has 8 heteroatoms. The average Bonchev–Trinajstić information content (AvgIpc) is 2.90. The molecule has 1 heterocycles. The lowest BCUT2D eigenvalue weighted by atomic mass is 10.3. The van der Waals surface area contributed by atoms with Crippen LogP contribution in [0.15, 0.2) is 36.8 Å². The topological polar surface area (TPSA) is 99.3 Å². The monoisotopic (exact) mass is 290 g/mol. The zero-order valence-corrected chi connectivity index (χ0v) is 11.4. The highest BCUT2D eigenvalue weighted by molar-refractivity contribution is 5.92. The molecule has 0 unspecified atom stereocenters. The number of benzene rings is 1. The molecule has 110 valence electrons. The van der Waals surface area contributed by atoms with Crippen LogP contribution < -0.4 is 10.1 Å². The molecule has 0 saturated heterocycles. The molecule has 1 amide bonds. The van der Waals surface area contributed by atoms with Gasteiger partial charge in [-0.3, -0.25) is 4.79 Å². The van der Waals surface area contributed by atoms with Gasteiger partial charge in [0, 0.05) is 0 Å². The van der Waals surface area contributed by atoms with Gasteiger partial charge >= 0.3 is 5.82 Å². The summed E-state index contributed by atoms with van der Waals surface area (Å²) in [5, 5.41) is 13.2. The smallest absolute Gasteiger partial charge is 0.381 e. The van der Waals surface area contributed by atoms with E-state index in [-0.39, 0.29) is 18.3 Å². The van der Waals surface area contributed by atoms with E-state index in [9.17, 15) is 14.9 Å². The zero-order valence-electron chi connectivity index (χ0n) is 11.4. The molecular weight excluding hydrogens is 276 g/mol. The van der Waals surface area contributed by atoms with Gasteiger partial charge in [-0.05, 0) is 29.0 Å². The summed E-state index contributed by atoms with van der Waals surface area (Å²) < 4.78 is 6.74. The van der Waals surface area contributed by atoms with Crippen LogP contribution >= 0.6 is 0 Å². The number of anilines is 1. The number of hydrogen-bond donors (Lipinski definition) is 1. The standard InChI is InChI=1S/C13H14N4O4/c1-2-21-11-6-4-3-5-10(11)15-13(18)8-16-7-12(14-9-16)17(19)20/h3-7,9H,2,8H2,1H3,(H,15,18). The molecule has 0 aliphatic heterocycles. The van der Waals surface area contributed by atoms with Crippen molar-refractivity contribution in [1.82, 2.24) is 9.55 Å². The van der Waals surface area contributed by atoms with Crippen LogP contribution in [0.4, 0.5) is 11.5 Å². The lowest BCUT2D eigenvalue weighted by molar-refractivity contribution is -0.389. The number of rotatable bonds is 6. The Kier molecular flexibility index (Phi) is 4.50. The number of aromatic nitrogens is 2. The molecular formula is C13H14N4O4. The Bertz CT molecular complexity index is 653. The number of nitro groups is 1. The average molecular weight is 290 g/mol. The lowest BCUT2D eigenvalue weighted by Crippen LogP contribution is -2.18. The van der Waals surface area contributed by atoms with Crippen molar-refractivity contribution >= 4 is 17.4 Å². The molecule has 0 aliphatic carbocycles. The van der Waals surface area contributed by atoms with E-state index in [4.69, 9.17) is 4.74 Å². The molecule has 0 fully saturated rings. The van der Waals surface area contributed by atoms with Gasteiger partial charge in [0.05, 0.1) is 12.3 Å². The predicted octanol–water partition coefficient (Wildman–Crippen LogP) is 1.83. The number of carbonyl (C=O) groups excluding carboxylic acids is 1. The Morgan fingerprint density at radius 2 is 2.24 bits per heavy atom. The second kappa shape index (κ2) is 6.51. The maximum Gasteiger partial charge on any atom is 0.381 e. The van der Waals surface area contributed by atoms with Gasteiger partial charge in [-0.2, -0.15) is 0 Å². The molecule has 0 aliphatic rings. The predicted molar refractivity (Wildman–Crippen MR) is 75.1 cm³/mol. The van der Waals surface area contributed by atoms with E-state index in [1.807, 2.05) is 6.92 Å². The Labute approximate surface area is 120 Å². The van der Waals surface area contributed by atoms with E-state index in [2.05, 4.69) is 10.3 Å². The molecule has 2 aromatic rings. The molecule has 2 rings (SSSR count). The summed E-state index contributed by atoms with van der Waals surface area (Å²) in [5.41, 5.74) is 0.555. The first kappa shape index (κ1) is 14.5. The highest BCUT2D eigenvalue weighted by Gasteiger charge is 2.13. The van der Waals surface area contributed by atoms with Gasteiger partial charge in [0.2, 0.25) is 12.2 Å². The van der Waals surface area contributed by atoms with Gasteiger partial charge < -0.3 is 24.7 Å². The van der Waals surface area contributed by atoms with Crippen molar-refractivity contribution in [2.45, 2.75) is 13.5 Å². The summed E-state index contributed by atoms with van der Waals surface area (Å²) in [5.74, 6) is -0.0445. The van der Waals surface area contributed by atoms with Gasteiger partial charge in [0.15, 0.2) is 0 Å². The number of imidazole rings is 1. The number of para-hydroxylation sites is 2. The van der Waals surface area contributed by atoms with E-state index in [0.717, 1.165) is 0 Å².